The van der Waals surface area contributed by atoms with Gasteiger partial charge in [0.15, 0.2) is 6.61 Å². The van der Waals surface area contributed by atoms with E-state index in [1.807, 2.05) is 53.9 Å². The van der Waals surface area contributed by atoms with Gasteiger partial charge in [-0.15, -0.1) is 0 Å². The summed E-state index contributed by atoms with van der Waals surface area (Å²) < 4.78 is 12.7. The number of rotatable bonds is 6. The molecule has 0 aliphatic heterocycles. The molecular weight excluding hydrogens is 402 g/mol. The monoisotopic (exact) mass is 421 g/mol. The van der Waals surface area contributed by atoms with Crippen molar-refractivity contribution >= 4 is 28.8 Å². The van der Waals surface area contributed by atoms with E-state index in [1.54, 1.807) is 31.4 Å². The molecule has 0 spiro atoms. The second kappa shape index (κ2) is 8.47. The molecule has 0 saturated heterocycles. The van der Waals surface area contributed by atoms with E-state index in [4.69, 9.17) is 26.1 Å². The predicted molar refractivity (Wildman–Crippen MR) is 117 cm³/mol. The van der Waals surface area contributed by atoms with E-state index in [-0.39, 0.29) is 12.5 Å². The molecule has 0 saturated carbocycles. The van der Waals surface area contributed by atoms with E-state index in [0.29, 0.717) is 16.5 Å². The topological polar surface area (TPSA) is 64.9 Å². The van der Waals surface area contributed by atoms with Crippen LogP contribution in [0.1, 0.15) is 5.69 Å². The van der Waals surface area contributed by atoms with Crippen molar-refractivity contribution in [1.29, 1.82) is 0 Å². The quantitative estimate of drug-likeness (QED) is 0.476. The number of carbonyl (C=O) groups is 1. The van der Waals surface area contributed by atoms with Gasteiger partial charge in [-0.3, -0.25) is 4.79 Å². The van der Waals surface area contributed by atoms with Gasteiger partial charge in [0, 0.05) is 17.5 Å². The van der Waals surface area contributed by atoms with Gasteiger partial charge < -0.3 is 19.2 Å². The second-order valence-electron chi connectivity index (χ2n) is 6.69. The Bertz CT molecular complexity index is 1200. The Morgan fingerprint density at radius 1 is 1.10 bits per heavy atom. The molecule has 0 bridgehead atoms. The first-order valence-corrected chi connectivity index (χ1v) is 9.73. The van der Waals surface area contributed by atoms with Gasteiger partial charge in [0.2, 0.25) is 0 Å². The van der Waals surface area contributed by atoms with Crippen LogP contribution in [0.15, 0.2) is 66.9 Å². The van der Waals surface area contributed by atoms with Gasteiger partial charge in [-0.2, -0.15) is 0 Å². The van der Waals surface area contributed by atoms with Crippen LogP contribution >= 0.6 is 11.6 Å². The fourth-order valence-corrected chi connectivity index (χ4v) is 3.35. The van der Waals surface area contributed by atoms with Gasteiger partial charge in [0.1, 0.15) is 17.1 Å². The summed E-state index contributed by atoms with van der Waals surface area (Å²) in [6.45, 7) is 1.85. The van der Waals surface area contributed by atoms with Crippen LogP contribution in [0.4, 0.5) is 5.69 Å². The van der Waals surface area contributed by atoms with Crippen LogP contribution in [-0.2, 0) is 4.79 Å². The van der Waals surface area contributed by atoms with Crippen molar-refractivity contribution in [3.05, 3.63) is 77.6 Å². The number of nitrogens with one attached hydrogen (secondary N) is 1. The molecule has 0 fully saturated rings. The molecule has 0 radical (unpaired) electrons. The Labute approximate surface area is 179 Å². The highest BCUT2D eigenvalue weighted by atomic mass is 35.5. The van der Waals surface area contributed by atoms with Gasteiger partial charge in [0.05, 0.1) is 23.5 Å². The first kappa shape index (κ1) is 19.8. The molecule has 0 atom stereocenters. The summed E-state index contributed by atoms with van der Waals surface area (Å²) in [5, 5.41) is 3.31. The van der Waals surface area contributed by atoms with Crippen LogP contribution in [-0.4, -0.2) is 29.0 Å². The highest BCUT2D eigenvalue weighted by Crippen LogP contribution is 2.27. The lowest BCUT2D eigenvalue weighted by molar-refractivity contribution is -0.118. The Morgan fingerprint density at radius 3 is 2.60 bits per heavy atom. The average molecular weight is 422 g/mol. The zero-order valence-corrected chi connectivity index (χ0v) is 17.3. The zero-order valence-electron chi connectivity index (χ0n) is 16.6. The van der Waals surface area contributed by atoms with Crippen LogP contribution in [0.25, 0.3) is 16.9 Å². The van der Waals surface area contributed by atoms with E-state index in [2.05, 4.69) is 5.32 Å². The third-order valence-corrected chi connectivity index (χ3v) is 5.01. The second-order valence-corrected chi connectivity index (χ2v) is 7.09. The molecule has 1 amide bonds. The first-order chi connectivity index (χ1) is 14.5. The van der Waals surface area contributed by atoms with Crippen molar-refractivity contribution in [1.82, 2.24) is 9.38 Å². The zero-order chi connectivity index (χ0) is 21.1. The fourth-order valence-electron chi connectivity index (χ4n) is 3.16. The number of aromatic nitrogens is 2. The van der Waals surface area contributed by atoms with Crippen molar-refractivity contribution in [2.24, 2.45) is 0 Å². The van der Waals surface area contributed by atoms with E-state index < -0.39 is 0 Å². The van der Waals surface area contributed by atoms with Crippen LogP contribution < -0.4 is 14.8 Å². The number of carbonyl (C=O) groups excluding carboxylic acids is 1. The van der Waals surface area contributed by atoms with Gasteiger partial charge in [-0.25, -0.2) is 4.98 Å². The van der Waals surface area contributed by atoms with Crippen LogP contribution in [0.3, 0.4) is 0 Å². The summed E-state index contributed by atoms with van der Waals surface area (Å²) in [6.07, 6.45) is 1.85. The van der Waals surface area contributed by atoms with Crippen LogP contribution in [0, 0.1) is 6.92 Å². The SMILES string of the molecule is COc1ccc(-c2nc3ccc(NC(=O)COc4ccccc4Cl)cn3c2C)cc1. The van der Waals surface area contributed by atoms with Crippen molar-refractivity contribution in [3.8, 4) is 22.8 Å². The third-order valence-electron chi connectivity index (χ3n) is 4.70. The minimum atomic E-state index is -0.276. The smallest absolute Gasteiger partial charge is 0.262 e. The first-order valence-electron chi connectivity index (χ1n) is 9.35. The molecule has 152 valence electrons. The molecule has 4 aromatic rings. The molecular formula is C23H20ClN3O3. The number of methoxy groups -OCH3 is 1. The van der Waals surface area contributed by atoms with Crippen molar-refractivity contribution in [2.75, 3.05) is 19.0 Å². The number of hydrogen-bond donors (Lipinski definition) is 1. The fraction of sp³-hybridized carbons (Fsp3) is 0.130. The minimum absolute atomic E-state index is 0.137. The number of pyridine rings is 1. The summed E-state index contributed by atoms with van der Waals surface area (Å²) >= 11 is 6.05. The number of anilines is 1. The van der Waals surface area contributed by atoms with Crippen molar-refractivity contribution in [2.45, 2.75) is 6.92 Å². The highest BCUT2D eigenvalue weighted by molar-refractivity contribution is 6.32. The normalized spacial score (nSPS) is 10.8. The number of hydrogen-bond acceptors (Lipinski definition) is 4. The number of benzene rings is 2. The number of aryl methyl sites for hydroxylation is 1. The summed E-state index contributed by atoms with van der Waals surface area (Å²) in [4.78, 5) is 17.0. The Morgan fingerprint density at radius 2 is 1.87 bits per heavy atom. The lowest BCUT2D eigenvalue weighted by atomic mass is 10.1. The number of nitrogens with zero attached hydrogens (tertiary/aromatic N) is 2. The number of amides is 1. The molecule has 1 N–H and O–H groups in total. The standard InChI is InChI=1S/C23H20ClN3O3/c1-15-23(16-7-10-18(29-2)11-8-16)26-21-12-9-17(13-27(15)21)25-22(28)14-30-20-6-4-3-5-19(20)24/h3-13H,14H2,1-2H3,(H,25,28). The predicted octanol–water partition coefficient (Wildman–Crippen LogP) is 4.99. The molecule has 4 rings (SSSR count). The molecule has 0 unspecified atom stereocenters. The third kappa shape index (κ3) is 4.09. The molecule has 0 aliphatic rings. The highest BCUT2D eigenvalue weighted by Gasteiger charge is 2.12. The van der Waals surface area contributed by atoms with Crippen molar-refractivity contribution < 1.29 is 14.3 Å². The molecule has 2 heterocycles. The van der Waals surface area contributed by atoms with Gasteiger partial charge >= 0.3 is 0 Å². The number of halogens is 1. The Balaban J connectivity index is 1.51. The van der Waals surface area contributed by atoms with E-state index in [9.17, 15) is 4.79 Å². The molecule has 2 aromatic heterocycles. The maximum atomic E-state index is 12.3. The molecule has 7 heteroatoms. The number of para-hydroxylation sites is 1. The Kier molecular flexibility index (Phi) is 5.59. The van der Waals surface area contributed by atoms with Crippen molar-refractivity contribution in [3.63, 3.8) is 0 Å². The number of imidazole rings is 1. The average Bonchev–Trinajstić information content (AvgIpc) is 3.09. The molecule has 0 aliphatic carbocycles. The van der Waals surface area contributed by atoms with E-state index >= 15 is 0 Å². The Hall–Kier alpha value is -3.51. The summed E-state index contributed by atoms with van der Waals surface area (Å²) in [5.41, 5.74) is 4.29. The summed E-state index contributed by atoms with van der Waals surface area (Å²) in [6, 6.07) is 18.5. The molecule has 6 nitrogen and oxygen atoms in total. The number of fused-ring (bicyclic) bond motifs is 1. The maximum Gasteiger partial charge on any atom is 0.262 e. The molecule has 2 aromatic carbocycles. The lowest BCUT2D eigenvalue weighted by Crippen LogP contribution is -2.20. The largest absolute Gasteiger partial charge is 0.497 e. The van der Waals surface area contributed by atoms with Gasteiger partial charge in [-0.05, 0) is 55.5 Å². The van der Waals surface area contributed by atoms with E-state index in [0.717, 1.165) is 28.3 Å². The summed E-state index contributed by atoms with van der Waals surface area (Å²) in [7, 11) is 1.64. The van der Waals surface area contributed by atoms with E-state index in [1.165, 1.54) is 0 Å². The summed E-state index contributed by atoms with van der Waals surface area (Å²) in [5.74, 6) is 0.992. The van der Waals surface area contributed by atoms with Gasteiger partial charge in [0.25, 0.3) is 5.91 Å². The lowest BCUT2D eigenvalue weighted by Gasteiger charge is -2.09. The number of ether oxygens (including phenoxy) is 2. The molecule has 30 heavy (non-hydrogen) atoms. The minimum Gasteiger partial charge on any atom is -0.497 e. The maximum absolute atomic E-state index is 12.3. The van der Waals surface area contributed by atoms with Crippen LogP contribution in [0.5, 0.6) is 11.5 Å². The van der Waals surface area contributed by atoms with Gasteiger partial charge in [-0.1, -0.05) is 23.7 Å². The van der Waals surface area contributed by atoms with Crippen LogP contribution in [0.2, 0.25) is 5.02 Å².